The number of nitrogens with one attached hydrogen (secondary N) is 1. The second-order valence-corrected chi connectivity index (χ2v) is 5.17. The van der Waals surface area contributed by atoms with Crippen LogP contribution in [0.1, 0.15) is 22.7 Å². The number of aromatic hydroxyl groups is 3. The quantitative estimate of drug-likeness (QED) is 0.632. The lowest BCUT2D eigenvalue weighted by Gasteiger charge is -2.27. The Morgan fingerprint density at radius 2 is 1.85 bits per heavy atom. The number of phenols is 3. The van der Waals surface area contributed by atoms with Gasteiger partial charge in [0.15, 0.2) is 11.5 Å². The Labute approximate surface area is 117 Å². The van der Waals surface area contributed by atoms with E-state index in [2.05, 4.69) is 5.32 Å². The summed E-state index contributed by atoms with van der Waals surface area (Å²) in [4.78, 5) is 0. The van der Waals surface area contributed by atoms with E-state index in [1.54, 1.807) is 12.1 Å². The Bertz CT molecular complexity index is 640. The third-order valence-electron chi connectivity index (χ3n) is 3.77. The predicted molar refractivity (Wildman–Crippen MR) is 76.0 cm³/mol. The van der Waals surface area contributed by atoms with Crippen molar-refractivity contribution < 1.29 is 15.3 Å². The summed E-state index contributed by atoms with van der Waals surface area (Å²) in [7, 11) is 0. The number of hydrogen-bond acceptors (Lipinski definition) is 4. The fourth-order valence-electron chi connectivity index (χ4n) is 2.75. The fourth-order valence-corrected chi connectivity index (χ4v) is 2.75. The lowest BCUT2D eigenvalue weighted by Crippen LogP contribution is -2.31. The third-order valence-corrected chi connectivity index (χ3v) is 3.77. The Balaban J connectivity index is 1.87. The van der Waals surface area contributed by atoms with E-state index in [9.17, 15) is 15.3 Å². The van der Waals surface area contributed by atoms with Crippen LogP contribution in [0.5, 0.6) is 17.2 Å². The second-order valence-electron chi connectivity index (χ2n) is 5.17. The summed E-state index contributed by atoms with van der Waals surface area (Å²) >= 11 is 0. The maximum Gasteiger partial charge on any atom is 0.157 e. The molecule has 0 aromatic heterocycles. The van der Waals surface area contributed by atoms with Crippen molar-refractivity contribution in [1.82, 2.24) is 5.32 Å². The minimum absolute atomic E-state index is 0.0933. The predicted octanol–water partition coefficient (Wildman–Crippen LogP) is 2.23. The maximum atomic E-state index is 9.56. The lowest BCUT2D eigenvalue weighted by atomic mass is 9.90. The molecule has 1 atom stereocenters. The van der Waals surface area contributed by atoms with E-state index in [4.69, 9.17) is 0 Å². The highest BCUT2D eigenvalue weighted by atomic mass is 16.3. The molecule has 0 spiro atoms. The standard InChI is InChI=1S/C16H17NO3/c18-12-2-3-13-11(9-12)5-6-17-14(13)7-10-1-4-15(19)16(20)8-10/h1-4,8-9,14,17-20H,5-7H2. The highest BCUT2D eigenvalue weighted by molar-refractivity contribution is 5.43. The van der Waals surface area contributed by atoms with Crippen molar-refractivity contribution >= 4 is 0 Å². The van der Waals surface area contributed by atoms with Gasteiger partial charge < -0.3 is 20.6 Å². The van der Waals surface area contributed by atoms with Crippen molar-refractivity contribution in [3.8, 4) is 17.2 Å². The molecule has 4 heteroatoms. The van der Waals surface area contributed by atoms with Crippen molar-refractivity contribution in [1.29, 1.82) is 0 Å². The number of hydrogen-bond donors (Lipinski definition) is 4. The van der Waals surface area contributed by atoms with Gasteiger partial charge in [0, 0.05) is 6.04 Å². The van der Waals surface area contributed by atoms with Crippen LogP contribution >= 0.6 is 0 Å². The topological polar surface area (TPSA) is 72.7 Å². The normalized spacial score (nSPS) is 17.7. The van der Waals surface area contributed by atoms with Crippen molar-refractivity contribution in [2.24, 2.45) is 0 Å². The molecular formula is C16H17NO3. The summed E-state index contributed by atoms with van der Waals surface area (Å²) in [5, 5.41) is 31.9. The molecule has 0 amide bonds. The van der Waals surface area contributed by atoms with E-state index in [0.717, 1.165) is 30.5 Å². The number of fused-ring (bicyclic) bond motifs is 1. The van der Waals surface area contributed by atoms with Gasteiger partial charge in [-0.25, -0.2) is 0 Å². The average Bonchev–Trinajstić information content (AvgIpc) is 2.43. The molecule has 1 aliphatic heterocycles. The first-order chi connectivity index (χ1) is 9.63. The minimum Gasteiger partial charge on any atom is -0.508 e. The van der Waals surface area contributed by atoms with Gasteiger partial charge in [-0.3, -0.25) is 0 Å². The van der Waals surface area contributed by atoms with Gasteiger partial charge in [-0.2, -0.15) is 0 Å². The summed E-state index contributed by atoms with van der Waals surface area (Å²) in [6, 6.07) is 10.5. The van der Waals surface area contributed by atoms with E-state index in [1.807, 2.05) is 18.2 Å². The van der Waals surface area contributed by atoms with Crippen molar-refractivity contribution in [2.75, 3.05) is 6.54 Å². The molecular weight excluding hydrogens is 254 g/mol. The Hall–Kier alpha value is -2.20. The fraction of sp³-hybridized carbons (Fsp3) is 0.250. The third kappa shape index (κ3) is 2.42. The highest BCUT2D eigenvalue weighted by Gasteiger charge is 2.20. The molecule has 1 aliphatic rings. The van der Waals surface area contributed by atoms with Crippen LogP contribution in [0.2, 0.25) is 0 Å². The van der Waals surface area contributed by atoms with Crippen molar-refractivity contribution in [3.05, 3.63) is 53.1 Å². The molecule has 0 saturated carbocycles. The van der Waals surface area contributed by atoms with Crippen LogP contribution in [0.4, 0.5) is 0 Å². The van der Waals surface area contributed by atoms with Gasteiger partial charge in [0.05, 0.1) is 0 Å². The zero-order chi connectivity index (χ0) is 14.1. The molecule has 3 rings (SSSR count). The van der Waals surface area contributed by atoms with Gasteiger partial charge in [0.2, 0.25) is 0 Å². The first kappa shape index (κ1) is 12.8. The highest BCUT2D eigenvalue weighted by Crippen LogP contribution is 2.31. The molecule has 4 nitrogen and oxygen atoms in total. The van der Waals surface area contributed by atoms with E-state index in [1.165, 1.54) is 11.6 Å². The SMILES string of the molecule is Oc1ccc2c(c1)CCNC2Cc1ccc(O)c(O)c1. The smallest absolute Gasteiger partial charge is 0.157 e. The molecule has 20 heavy (non-hydrogen) atoms. The number of rotatable bonds is 2. The Kier molecular flexibility index (Phi) is 3.24. The molecule has 1 heterocycles. The summed E-state index contributed by atoms with van der Waals surface area (Å²) in [5.41, 5.74) is 3.30. The van der Waals surface area contributed by atoms with Crippen LogP contribution in [0, 0.1) is 0 Å². The summed E-state index contributed by atoms with van der Waals surface area (Å²) < 4.78 is 0. The zero-order valence-electron chi connectivity index (χ0n) is 11.0. The van der Waals surface area contributed by atoms with Crippen LogP contribution in [-0.4, -0.2) is 21.9 Å². The monoisotopic (exact) mass is 271 g/mol. The largest absolute Gasteiger partial charge is 0.508 e. The molecule has 2 aromatic carbocycles. The molecule has 0 radical (unpaired) electrons. The minimum atomic E-state index is -0.101. The van der Waals surface area contributed by atoms with Gasteiger partial charge in [-0.05, 0) is 60.3 Å². The lowest BCUT2D eigenvalue weighted by molar-refractivity contribution is 0.402. The summed E-state index contributed by atoms with van der Waals surface area (Å²) in [5.74, 6) is 0.103. The van der Waals surface area contributed by atoms with Gasteiger partial charge in [0.1, 0.15) is 5.75 Å². The van der Waals surface area contributed by atoms with Crippen molar-refractivity contribution in [2.45, 2.75) is 18.9 Å². The Morgan fingerprint density at radius 1 is 1.00 bits per heavy atom. The molecule has 1 unspecified atom stereocenters. The number of benzene rings is 2. The first-order valence-corrected chi connectivity index (χ1v) is 6.69. The number of phenolic OH excluding ortho intramolecular Hbond substituents is 3. The molecule has 0 saturated heterocycles. The summed E-state index contributed by atoms with van der Waals surface area (Å²) in [6.45, 7) is 0.866. The van der Waals surface area contributed by atoms with Gasteiger partial charge in [0.25, 0.3) is 0 Å². The molecule has 104 valence electrons. The molecule has 0 bridgehead atoms. The zero-order valence-corrected chi connectivity index (χ0v) is 11.0. The van der Waals surface area contributed by atoms with Gasteiger partial charge in [-0.15, -0.1) is 0 Å². The molecule has 0 aliphatic carbocycles. The first-order valence-electron chi connectivity index (χ1n) is 6.69. The molecule has 2 aromatic rings. The van der Waals surface area contributed by atoms with E-state index >= 15 is 0 Å². The molecule has 0 fully saturated rings. The molecule has 4 N–H and O–H groups in total. The summed E-state index contributed by atoms with van der Waals surface area (Å²) in [6.07, 6.45) is 1.63. The van der Waals surface area contributed by atoms with E-state index < -0.39 is 0 Å². The van der Waals surface area contributed by atoms with Gasteiger partial charge in [-0.1, -0.05) is 12.1 Å². The van der Waals surface area contributed by atoms with E-state index in [0.29, 0.717) is 5.75 Å². The van der Waals surface area contributed by atoms with Crippen LogP contribution in [0.15, 0.2) is 36.4 Å². The maximum absolute atomic E-state index is 9.56. The average molecular weight is 271 g/mol. The second kappa shape index (κ2) is 5.06. The van der Waals surface area contributed by atoms with Crippen LogP contribution < -0.4 is 5.32 Å². The van der Waals surface area contributed by atoms with Crippen LogP contribution in [-0.2, 0) is 12.8 Å². The van der Waals surface area contributed by atoms with Crippen molar-refractivity contribution in [3.63, 3.8) is 0 Å². The van der Waals surface area contributed by atoms with Crippen LogP contribution in [0.25, 0.3) is 0 Å². The van der Waals surface area contributed by atoms with E-state index in [-0.39, 0.29) is 17.5 Å². The Morgan fingerprint density at radius 3 is 2.65 bits per heavy atom. The van der Waals surface area contributed by atoms with Crippen LogP contribution in [0.3, 0.4) is 0 Å². The van der Waals surface area contributed by atoms with Gasteiger partial charge >= 0.3 is 0 Å².